The summed E-state index contributed by atoms with van der Waals surface area (Å²) in [6.45, 7) is 0.407. The van der Waals surface area contributed by atoms with Gasteiger partial charge in [0.05, 0.1) is 7.11 Å². The topological polar surface area (TPSA) is 78.2 Å². The second-order valence-electron chi connectivity index (χ2n) is 2.71. The fraction of sp³-hybridized carbons (Fsp3) is 0.400. The number of phenolic OH excluding ortho intramolecular Hbond substituents is 1. The highest BCUT2D eigenvalue weighted by Crippen LogP contribution is 2.26. The summed E-state index contributed by atoms with van der Waals surface area (Å²) in [7, 11) is 1.49. The Morgan fingerprint density at radius 3 is 2.87 bits per heavy atom. The van der Waals surface area contributed by atoms with E-state index in [1.165, 1.54) is 7.11 Å². The summed E-state index contributed by atoms with van der Waals surface area (Å²) in [4.78, 5) is 2.66. The molecule has 15 heavy (non-hydrogen) atoms. The molecule has 0 saturated heterocycles. The second-order valence-corrected chi connectivity index (χ2v) is 2.71. The van der Waals surface area contributed by atoms with Crippen molar-refractivity contribution in [2.75, 3.05) is 13.7 Å². The lowest BCUT2D eigenvalue weighted by Gasteiger charge is -2.05. The average Bonchev–Trinajstić information content (AvgIpc) is 2.21. The van der Waals surface area contributed by atoms with E-state index < -0.39 is 0 Å². The molecule has 0 aliphatic carbocycles. The van der Waals surface area contributed by atoms with Gasteiger partial charge in [-0.15, -0.1) is 0 Å². The van der Waals surface area contributed by atoms with Gasteiger partial charge >= 0.3 is 0 Å². The molecule has 0 radical (unpaired) electrons. The first-order valence-corrected chi connectivity index (χ1v) is 4.14. The van der Waals surface area contributed by atoms with E-state index in [0.29, 0.717) is 18.7 Å². The van der Waals surface area contributed by atoms with E-state index in [-0.39, 0.29) is 13.2 Å². The maximum absolute atomic E-state index is 9.30. The molecular weight excluding hydrogens is 194 g/mol. The van der Waals surface area contributed by atoms with E-state index in [0.717, 1.165) is 5.56 Å². The van der Waals surface area contributed by atoms with E-state index in [1.807, 2.05) is 0 Å². The van der Waals surface area contributed by atoms with Crippen LogP contribution in [-0.4, -0.2) is 18.8 Å². The molecule has 0 aliphatic heterocycles. The second kappa shape index (κ2) is 6.56. The number of hydrogen-bond donors (Lipinski definition) is 1. The fourth-order valence-corrected chi connectivity index (χ4v) is 1.10. The Morgan fingerprint density at radius 2 is 2.27 bits per heavy atom. The van der Waals surface area contributed by atoms with Gasteiger partial charge in [0.1, 0.15) is 0 Å². The van der Waals surface area contributed by atoms with Crippen molar-refractivity contribution in [2.45, 2.75) is 13.8 Å². The molecule has 0 heterocycles. The summed E-state index contributed by atoms with van der Waals surface area (Å²) >= 11 is 0. The molecule has 0 spiro atoms. The van der Waals surface area contributed by atoms with Crippen LogP contribution in [0.4, 0.5) is 0 Å². The Bertz CT molecular complexity index is 360. The van der Waals surface area contributed by atoms with Gasteiger partial charge < -0.3 is 9.84 Å². The van der Waals surface area contributed by atoms with Crippen LogP contribution >= 0.6 is 0 Å². The normalized spacial score (nSPS) is 8.60. The van der Waals surface area contributed by atoms with E-state index in [2.05, 4.69) is 10.0 Å². The van der Waals surface area contributed by atoms with Crippen molar-refractivity contribution in [1.82, 2.24) is 0 Å². The standard InChI is InChI=1S/C9H11N3O2.CH4/c1-14-9-6-7(2-3-8(9)13)4-5-11-12-10;/h2-3,6,13H,4-5H2,1H3;1H4. The Balaban J connectivity index is 0.00000196. The Morgan fingerprint density at radius 1 is 1.53 bits per heavy atom. The van der Waals surface area contributed by atoms with Crippen molar-refractivity contribution in [2.24, 2.45) is 5.11 Å². The molecule has 0 amide bonds. The number of aromatic hydroxyl groups is 1. The Labute approximate surface area is 88.9 Å². The van der Waals surface area contributed by atoms with Crippen molar-refractivity contribution >= 4 is 0 Å². The van der Waals surface area contributed by atoms with Gasteiger partial charge in [0.25, 0.3) is 0 Å². The summed E-state index contributed by atoms with van der Waals surface area (Å²) in [5.41, 5.74) is 9.05. The summed E-state index contributed by atoms with van der Waals surface area (Å²) < 4.78 is 4.94. The third kappa shape index (κ3) is 3.79. The lowest BCUT2D eigenvalue weighted by atomic mass is 10.1. The number of methoxy groups -OCH3 is 1. The van der Waals surface area contributed by atoms with Crippen molar-refractivity contribution in [3.05, 3.63) is 34.2 Å². The summed E-state index contributed by atoms with van der Waals surface area (Å²) in [6, 6.07) is 5.05. The molecule has 1 N–H and O–H groups in total. The van der Waals surface area contributed by atoms with Crippen molar-refractivity contribution in [3.63, 3.8) is 0 Å². The number of hydrogen-bond acceptors (Lipinski definition) is 3. The van der Waals surface area contributed by atoms with Crippen LogP contribution in [0.3, 0.4) is 0 Å². The van der Waals surface area contributed by atoms with Crippen LogP contribution in [0.5, 0.6) is 11.5 Å². The molecule has 82 valence electrons. The van der Waals surface area contributed by atoms with E-state index in [1.54, 1.807) is 18.2 Å². The van der Waals surface area contributed by atoms with E-state index in [9.17, 15) is 5.11 Å². The first-order valence-electron chi connectivity index (χ1n) is 4.14. The number of azide groups is 1. The summed E-state index contributed by atoms with van der Waals surface area (Å²) in [5.74, 6) is 0.545. The number of phenols is 1. The minimum atomic E-state index is 0. The molecule has 0 aromatic heterocycles. The molecule has 0 unspecified atom stereocenters. The zero-order valence-corrected chi connectivity index (χ0v) is 7.84. The minimum Gasteiger partial charge on any atom is -0.504 e. The maximum Gasteiger partial charge on any atom is 0.160 e. The van der Waals surface area contributed by atoms with Gasteiger partial charge in [-0.3, -0.25) is 0 Å². The van der Waals surface area contributed by atoms with Gasteiger partial charge in [0.15, 0.2) is 11.5 Å². The molecular formula is C10H15N3O2. The number of nitrogens with zero attached hydrogens (tertiary/aromatic N) is 3. The molecule has 0 saturated carbocycles. The van der Waals surface area contributed by atoms with Gasteiger partial charge in [-0.05, 0) is 29.6 Å². The molecule has 1 aromatic carbocycles. The van der Waals surface area contributed by atoms with Crippen molar-refractivity contribution in [3.8, 4) is 11.5 Å². The van der Waals surface area contributed by atoms with Crippen LogP contribution < -0.4 is 4.74 Å². The number of ether oxygens (including phenoxy) is 1. The van der Waals surface area contributed by atoms with E-state index >= 15 is 0 Å². The Kier molecular flexibility index (Phi) is 5.75. The van der Waals surface area contributed by atoms with Gasteiger partial charge in [0, 0.05) is 11.5 Å². The highest BCUT2D eigenvalue weighted by atomic mass is 16.5. The SMILES string of the molecule is C.COc1cc(CCN=[N+]=[N-])ccc1O. The van der Waals surface area contributed by atoms with Crippen LogP contribution in [0, 0.1) is 0 Å². The summed E-state index contributed by atoms with van der Waals surface area (Å²) in [5, 5.41) is 12.7. The number of rotatable bonds is 4. The van der Waals surface area contributed by atoms with Gasteiger partial charge in [-0.2, -0.15) is 0 Å². The average molecular weight is 209 g/mol. The highest BCUT2D eigenvalue weighted by molar-refractivity contribution is 5.41. The monoisotopic (exact) mass is 209 g/mol. The van der Waals surface area contributed by atoms with Crippen molar-refractivity contribution in [1.29, 1.82) is 0 Å². The van der Waals surface area contributed by atoms with Gasteiger partial charge in [-0.25, -0.2) is 0 Å². The van der Waals surface area contributed by atoms with Crippen LogP contribution in [0.15, 0.2) is 23.3 Å². The van der Waals surface area contributed by atoms with Crippen LogP contribution in [0.2, 0.25) is 0 Å². The quantitative estimate of drug-likeness (QED) is 0.470. The number of benzene rings is 1. The fourth-order valence-electron chi connectivity index (χ4n) is 1.10. The third-order valence-corrected chi connectivity index (χ3v) is 1.81. The molecule has 5 nitrogen and oxygen atoms in total. The molecule has 5 heteroatoms. The molecule has 1 rings (SSSR count). The zero-order valence-electron chi connectivity index (χ0n) is 7.84. The first kappa shape index (κ1) is 13.1. The van der Waals surface area contributed by atoms with Crippen LogP contribution in [0.25, 0.3) is 10.4 Å². The lowest BCUT2D eigenvalue weighted by Crippen LogP contribution is -1.90. The maximum atomic E-state index is 9.30. The van der Waals surface area contributed by atoms with Crippen LogP contribution in [-0.2, 0) is 6.42 Å². The highest BCUT2D eigenvalue weighted by Gasteiger charge is 2.01. The molecule has 0 bridgehead atoms. The van der Waals surface area contributed by atoms with Crippen molar-refractivity contribution < 1.29 is 9.84 Å². The van der Waals surface area contributed by atoms with Crippen LogP contribution in [0.1, 0.15) is 13.0 Å². The predicted octanol–water partition coefficient (Wildman–Crippen LogP) is 2.89. The van der Waals surface area contributed by atoms with Gasteiger partial charge in [0.2, 0.25) is 0 Å². The Hall–Kier alpha value is -1.87. The molecule has 1 aromatic rings. The predicted molar refractivity (Wildman–Crippen MR) is 59.1 cm³/mol. The minimum absolute atomic E-state index is 0. The molecule has 0 fully saturated rings. The summed E-state index contributed by atoms with van der Waals surface area (Å²) in [6.07, 6.45) is 0.640. The largest absolute Gasteiger partial charge is 0.504 e. The molecule has 0 aliphatic rings. The third-order valence-electron chi connectivity index (χ3n) is 1.81. The van der Waals surface area contributed by atoms with E-state index in [4.69, 9.17) is 10.3 Å². The smallest absolute Gasteiger partial charge is 0.160 e. The molecule has 0 atom stereocenters. The van der Waals surface area contributed by atoms with Gasteiger partial charge in [-0.1, -0.05) is 18.6 Å². The zero-order chi connectivity index (χ0) is 10.4. The lowest BCUT2D eigenvalue weighted by molar-refractivity contribution is 0.373. The first-order chi connectivity index (χ1) is 6.77.